The Morgan fingerprint density at radius 1 is 1.00 bits per heavy atom. The van der Waals surface area contributed by atoms with Crippen LogP contribution in [0.15, 0.2) is 47.1 Å². The highest BCUT2D eigenvalue weighted by atomic mass is 16.3. The Hall–Kier alpha value is -3.66. The summed E-state index contributed by atoms with van der Waals surface area (Å²) in [5.74, 6) is 3.18. The topological polar surface area (TPSA) is 153 Å². The number of hydrogen-bond donors (Lipinski definition) is 4. The second-order valence-corrected chi connectivity index (χ2v) is 8.76. The Morgan fingerprint density at radius 2 is 1.65 bits per heavy atom. The lowest BCUT2D eigenvalue weighted by Crippen LogP contribution is -2.12. The van der Waals surface area contributed by atoms with E-state index in [0.29, 0.717) is 42.4 Å². The van der Waals surface area contributed by atoms with E-state index in [2.05, 4.69) is 46.1 Å². The number of nitrogens with two attached hydrogens (primary N) is 2. The molecule has 0 atom stereocenters. The molecule has 0 amide bonds. The fourth-order valence-corrected chi connectivity index (χ4v) is 2.40. The summed E-state index contributed by atoms with van der Waals surface area (Å²) in [4.78, 5) is 12.9. The third-order valence-electron chi connectivity index (χ3n) is 4.02. The van der Waals surface area contributed by atoms with Crippen LogP contribution in [0.25, 0.3) is 17.4 Å². The van der Waals surface area contributed by atoms with Gasteiger partial charge in [0.05, 0.1) is 6.26 Å². The normalized spacial score (nSPS) is 10.6. The van der Waals surface area contributed by atoms with Crippen molar-refractivity contribution < 1.29 is 9.52 Å². The van der Waals surface area contributed by atoms with Gasteiger partial charge in [0.25, 0.3) is 5.78 Å². The van der Waals surface area contributed by atoms with E-state index in [0.717, 1.165) is 18.0 Å². The van der Waals surface area contributed by atoms with Gasteiger partial charge in [0.2, 0.25) is 17.7 Å². The standard InChI is InChI=1S/C16H16N8O.C4H10O.C4H10/c17-11-5-3-10(4-6-11)7-8-19-15-21-14(18)24-16(22-15)20-13(23-24)12-2-1-9-25-12;1-4(2)3-5;1-4(2)3/h1-6,9H,7-8,17H2,(H3,18,19,20,21,22,23);4-5H,3H2,1-2H3;4H,1-3H3. The molecule has 3 aromatic heterocycles. The van der Waals surface area contributed by atoms with Crippen LogP contribution in [0.1, 0.15) is 40.2 Å². The quantitative estimate of drug-likeness (QED) is 0.308. The number of nitrogens with one attached hydrogen (secondary N) is 1. The molecule has 0 bridgehead atoms. The molecule has 10 nitrogen and oxygen atoms in total. The van der Waals surface area contributed by atoms with Gasteiger partial charge in [0, 0.05) is 18.8 Å². The van der Waals surface area contributed by atoms with Crippen LogP contribution < -0.4 is 16.8 Å². The Labute approximate surface area is 200 Å². The molecule has 0 spiro atoms. The van der Waals surface area contributed by atoms with Gasteiger partial charge < -0.3 is 26.3 Å². The summed E-state index contributed by atoms with van der Waals surface area (Å²) < 4.78 is 6.67. The summed E-state index contributed by atoms with van der Waals surface area (Å²) in [5, 5.41) is 15.5. The Balaban J connectivity index is 0.000000391. The van der Waals surface area contributed by atoms with Gasteiger partial charge in [-0.25, -0.2) is 0 Å². The highest BCUT2D eigenvalue weighted by molar-refractivity contribution is 5.52. The van der Waals surface area contributed by atoms with Crippen LogP contribution in [0.2, 0.25) is 0 Å². The van der Waals surface area contributed by atoms with E-state index in [1.54, 1.807) is 18.4 Å². The van der Waals surface area contributed by atoms with Gasteiger partial charge in [0.1, 0.15) is 0 Å². The maximum absolute atomic E-state index is 8.14. The zero-order chi connectivity index (χ0) is 25.1. The minimum atomic E-state index is 0.199. The predicted octanol–water partition coefficient (Wildman–Crippen LogP) is 3.90. The lowest BCUT2D eigenvalue weighted by atomic mass is 10.1. The lowest BCUT2D eigenvalue weighted by Gasteiger charge is -2.06. The smallest absolute Gasteiger partial charge is 0.259 e. The molecule has 0 aliphatic carbocycles. The van der Waals surface area contributed by atoms with E-state index >= 15 is 0 Å². The van der Waals surface area contributed by atoms with E-state index < -0.39 is 0 Å². The number of aliphatic hydroxyl groups is 1. The van der Waals surface area contributed by atoms with E-state index in [1.165, 1.54) is 10.1 Å². The van der Waals surface area contributed by atoms with Crippen molar-refractivity contribution in [1.82, 2.24) is 24.6 Å². The first kappa shape index (κ1) is 26.6. The highest BCUT2D eigenvalue weighted by Crippen LogP contribution is 2.17. The molecular weight excluding hydrogens is 432 g/mol. The highest BCUT2D eigenvalue weighted by Gasteiger charge is 2.13. The largest absolute Gasteiger partial charge is 0.461 e. The van der Waals surface area contributed by atoms with E-state index in [4.69, 9.17) is 21.0 Å². The first-order valence-corrected chi connectivity index (χ1v) is 11.3. The summed E-state index contributed by atoms with van der Waals surface area (Å²) in [6.45, 7) is 11.4. The molecule has 10 heteroatoms. The first-order chi connectivity index (χ1) is 16.2. The number of anilines is 3. The van der Waals surface area contributed by atoms with Crippen molar-refractivity contribution in [3.8, 4) is 11.6 Å². The monoisotopic (exact) mass is 468 g/mol. The summed E-state index contributed by atoms with van der Waals surface area (Å²) in [6.07, 6.45) is 2.36. The summed E-state index contributed by atoms with van der Waals surface area (Å²) in [5.41, 5.74) is 13.5. The molecule has 0 saturated carbocycles. The van der Waals surface area contributed by atoms with Crippen LogP contribution in [0.5, 0.6) is 0 Å². The molecule has 0 aliphatic rings. The van der Waals surface area contributed by atoms with Gasteiger partial charge in [-0.15, -0.1) is 5.10 Å². The van der Waals surface area contributed by atoms with Gasteiger partial charge in [-0.05, 0) is 48.1 Å². The average Bonchev–Trinajstić information content (AvgIpc) is 3.45. The molecule has 4 aromatic rings. The molecule has 0 aliphatic heterocycles. The van der Waals surface area contributed by atoms with Crippen molar-refractivity contribution >= 4 is 23.4 Å². The van der Waals surface area contributed by atoms with Crippen molar-refractivity contribution in [2.45, 2.75) is 41.0 Å². The van der Waals surface area contributed by atoms with Crippen molar-refractivity contribution in [3.05, 3.63) is 48.2 Å². The van der Waals surface area contributed by atoms with Gasteiger partial charge in [-0.1, -0.05) is 46.8 Å². The zero-order valence-corrected chi connectivity index (χ0v) is 20.6. The molecule has 4 rings (SSSR count). The minimum absolute atomic E-state index is 0.199. The first-order valence-electron chi connectivity index (χ1n) is 11.3. The van der Waals surface area contributed by atoms with Crippen LogP contribution in [0, 0.1) is 11.8 Å². The lowest BCUT2D eigenvalue weighted by molar-refractivity contribution is 0.248. The number of furan rings is 1. The Bertz CT molecular complexity index is 1100. The van der Waals surface area contributed by atoms with E-state index in [9.17, 15) is 0 Å². The summed E-state index contributed by atoms with van der Waals surface area (Å²) in [7, 11) is 0. The molecule has 3 heterocycles. The Morgan fingerprint density at radius 3 is 2.21 bits per heavy atom. The summed E-state index contributed by atoms with van der Waals surface area (Å²) >= 11 is 0. The molecule has 0 unspecified atom stereocenters. The number of rotatable bonds is 6. The molecule has 0 radical (unpaired) electrons. The molecule has 34 heavy (non-hydrogen) atoms. The van der Waals surface area contributed by atoms with Crippen LogP contribution >= 0.6 is 0 Å². The number of nitrogens with zero attached hydrogens (tertiary/aromatic N) is 5. The third kappa shape index (κ3) is 8.70. The summed E-state index contributed by atoms with van der Waals surface area (Å²) in [6, 6.07) is 11.3. The van der Waals surface area contributed by atoms with Crippen LogP contribution in [0.4, 0.5) is 17.6 Å². The number of nitrogen functional groups attached to an aromatic ring is 2. The maximum Gasteiger partial charge on any atom is 0.259 e. The molecule has 1 aromatic carbocycles. The van der Waals surface area contributed by atoms with Crippen molar-refractivity contribution in [2.75, 3.05) is 29.9 Å². The number of benzene rings is 1. The molecule has 0 saturated heterocycles. The second kappa shape index (κ2) is 13.1. The zero-order valence-electron chi connectivity index (χ0n) is 20.6. The Kier molecular flexibility index (Phi) is 10.3. The predicted molar refractivity (Wildman–Crippen MR) is 136 cm³/mol. The van der Waals surface area contributed by atoms with Gasteiger partial charge >= 0.3 is 0 Å². The van der Waals surface area contributed by atoms with Crippen LogP contribution in [-0.4, -0.2) is 42.8 Å². The van der Waals surface area contributed by atoms with Gasteiger partial charge in [-0.3, -0.25) is 0 Å². The third-order valence-corrected chi connectivity index (χ3v) is 4.02. The average molecular weight is 469 g/mol. The number of aliphatic hydroxyl groups excluding tert-OH is 1. The van der Waals surface area contributed by atoms with Gasteiger partial charge in [0.15, 0.2) is 5.76 Å². The second-order valence-electron chi connectivity index (χ2n) is 8.76. The molecular formula is C24H36N8O2. The van der Waals surface area contributed by atoms with Crippen molar-refractivity contribution in [3.63, 3.8) is 0 Å². The fraction of sp³-hybridized carbons (Fsp3) is 0.417. The molecule has 0 fully saturated rings. The fourth-order valence-electron chi connectivity index (χ4n) is 2.40. The van der Waals surface area contributed by atoms with E-state index in [-0.39, 0.29) is 5.95 Å². The van der Waals surface area contributed by atoms with E-state index in [1.807, 2.05) is 38.1 Å². The van der Waals surface area contributed by atoms with Crippen molar-refractivity contribution in [2.24, 2.45) is 11.8 Å². The SMILES string of the molecule is CC(C)C.CC(C)CO.Nc1ccc(CCNc2nc(N)n3nc(-c4ccco4)nc3n2)cc1. The van der Waals surface area contributed by atoms with Crippen LogP contribution in [-0.2, 0) is 6.42 Å². The maximum atomic E-state index is 8.14. The minimum Gasteiger partial charge on any atom is -0.461 e. The number of hydrogen-bond acceptors (Lipinski definition) is 9. The molecule has 6 N–H and O–H groups in total. The number of aromatic nitrogens is 5. The van der Waals surface area contributed by atoms with Crippen LogP contribution in [0.3, 0.4) is 0 Å². The van der Waals surface area contributed by atoms with Crippen molar-refractivity contribution in [1.29, 1.82) is 0 Å². The number of fused-ring (bicyclic) bond motifs is 1. The van der Waals surface area contributed by atoms with Gasteiger partial charge in [-0.2, -0.15) is 19.5 Å². The molecule has 184 valence electrons.